The van der Waals surface area contributed by atoms with Crippen LogP contribution in [0.2, 0.25) is 0 Å². The highest BCUT2D eigenvalue weighted by Crippen LogP contribution is 2.32. The van der Waals surface area contributed by atoms with Crippen molar-refractivity contribution >= 4 is 26.7 Å². The third-order valence-corrected chi connectivity index (χ3v) is 3.91. The van der Waals surface area contributed by atoms with Crippen LogP contribution in [-0.2, 0) is 4.74 Å². The molecule has 2 aromatic rings. The van der Waals surface area contributed by atoms with Crippen LogP contribution >= 0.6 is 15.9 Å². The molecule has 0 saturated carbocycles. The second-order valence-electron chi connectivity index (χ2n) is 4.76. The molecule has 0 radical (unpaired) electrons. The molecule has 0 fully saturated rings. The fraction of sp³-hybridized carbons (Fsp3) is 0.375. The molecule has 3 nitrogen and oxygen atoms in total. The maximum Gasteiger partial charge on any atom is 0.134 e. The molecular weight excluding hydrogens is 318 g/mol. The first-order chi connectivity index (χ1) is 9.72. The number of hydrogen-bond donors (Lipinski definition) is 1. The van der Waals surface area contributed by atoms with Crippen molar-refractivity contribution in [2.75, 3.05) is 26.9 Å². The van der Waals surface area contributed by atoms with E-state index in [1.54, 1.807) is 7.11 Å². The van der Waals surface area contributed by atoms with Gasteiger partial charge in [0.25, 0.3) is 0 Å². The predicted molar refractivity (Wildman–Crippen MR) is 86.5 cm³/mol. The average molecular weight is 338 g/mol. The van der Waals surface area contributed by atoms with Gasteiger partial charge in [-0.3, -0.25) is 0 Å². The Morgan fingerprint density at radius 1 is 1.20 bits per heavy atom. The predicted octanol–water partition coefficient (Wildman–Crippen LogP) is 3.61. The minimum absolute atomic E-state index is 0.337. The lowest BCUT2D eigenvalue weighted by atomic mass is 10.1. The zero-order valence-electron chi connectivity index (χ0n) is 11.9. The summed E-state index contributed by atoms with van der Waals surface area (Å²) in [5, 5.41) is 5.72. The molecule has 0 bridgehead atoms. The summed E-state index contributed by atoms with van der Waals surface area (Å²) < 4.78 is 11.9. The van der Waals surface area contributed by atoms with Crippen molar-refractivity contribution in [2.24, 2.45) is 0 Å². The number of rotatable bonds is 7. The molecule has 1 N–H and O–H groups in total. The van der Waals surface area contributed by atoms with Crippen molar-refractivity contribution < 1.29 is 9.47 Å². The second kappa shape index (κ2) is 7.62. The lowest BCUT2D eigenvalue weighted by Crippen LogP contribution is -2.33. The summed E-state index contributed by atoms with van der Waals surface area (Å²) in [5.74, 6) is 0.880. The Labute approximate surface area is 128 Å². The van der Waals surface area contributed by atoms with Crippen molar-refractivity contribution in [3.8, 4) is 5.75 Å². The van der Waals surface area contributed by atoms with Gasteiger partial charge in [0, 0.05) is 19.7 Å². The molecule has 0 heterocycles. The Bertz CT molecular complexity index is 559. The lowest BCUT2D eigenvalue weighted by molar-refractivity contribution is 0.169. The van der Waals surface area contributed by atoms with Crippen molar-refractivity contribution in [3.63, 3.8) is 0 Å². The van der Waals surface area contributed by atoms with Gasteiger partial charge in [-0.25, -0.2) is 0 Å². The summed E-state index contributed by atoms with van der Waals surface area (Å²) in [6.07, 6.45) is 0. The molecule has 1 atom stereocenters. The zero-order valence-corrected chi connectivity index (χ0v) is 13.4. The summed E-state index contributed by atoms with van der Waals surface area (Å²) in [7, 11) is 1.71. The van der Waals surface area contributed by atoms with Gasteiger partial charge in [0.05, 0.1) is 11.1 Å². The van der Waals surface area contributed by atoms with E-state index in [4.69, 9.17) is 9.47 Å². The number of methoxy groups -OCH3 is 1. The van der Waals surface area contributed by atoms with Crippen LogP contribution in [0.15, 0.2) is 40.9 Å². The molecule has 0 saturated heterocycles. The van der Waals surface area contributed by atoms with Crippen molar-refractivity contribution in [1.82, 2.24) is 5.32 Å². The van der Waals surface area contributed by atoms with Gasteiger partial charge in [-0.05, 0) is 39.7 Å². The third-order valence-electron chi connectivity index (χ3n) is 3.10. The number of hydrogen-bond acceptors (Lipinski definition) is 3. The Kier molecular flexibility index (Phi) is 5.83. The van der Waals surface area contributed by atoms with E-state index in [9.17, 15) is 0 Å². The first-order valence-electron chi connectivity index (χ1n) is 6.74. The minimum atomic E-state index is 0.337. The van der Waals surface area contributed by atoms with E-state index in [1.165, 1.54) is 10.8 Å². The summed E-state index contributed by atoms with van der Waals surface area (Å²) in [6, 6.07) is 12.7. The van der Waals surface area contributed by atoms with Gasteiger partial charge in [0.2, 0.25) is 0 Å². The Morgan fingerprint density at radius 2 is 2.00 bits per heavy atom. The molecule has 2 rings (SSSR count). The van der Waals surface area contributed by atoms with Gasteiger partial charge < -0.3 is 14.8 Å². The molecule has 0 aliphatic heterocycles. The summed E-state index contributed by atoms with van der Waals surface area (Å²) >= 11 is 3.62. The highest BCUT2D eigenvalue weighted by Gasteiger charge is 2.06. The van der Waals surface area contributed by atoms with E-state index in [-0.39, 0.29) is 0 Å². The first kappa shape index (κ1) is 15.3. The number of ether oxygens (including phenoxy) is 2. The number of fused-ring (bicyclic) bond motifs is 1. The van der Waals surface area contributed by atoms with Gasteiger partial charge in [-0.1, -0.05) is 30.3 Å². The summed E-state index contributed by atoms with van der Waals surface area (Å²) in [6.45, 7) is 4.23. The van der Waals surface area contributed by atoms with Gasteiger partial charge in [0.1, 0.15) is 12.4 Å². The Balaban J connectivity index is 1.92. The van der Waals surface area contributed by atoms with Crippen LogP contribution in [0.3, 0.4) is 0 Å². The molecule has 0 aliphatic rings. The summed E-state index contributed by atoms with van der Waals surface area (Å²) in [4.78, 5) is 0. The smallest absolute Gasteiger partial charge is 0.134 e. The monoisotopic (exact) mass is 337 g/mol. The largest absolute Gasteiger partial charge is 0.491 e. The SMILES string of the molecule is COCC(C)NCCOc1ccc2ccccc2c1Br. The fourth-order valence-electron chi connectivity index (χ4n) is 2.10. The van der Waals surface area contributed by atoms with Gasteiger partial charge >= 0.3 is 0 Å². The van der Waals surface area contributed by atoms with Crippen LogP contribution in [-0.4, -0.2) is 32.9 Å². The number of benzene rings is 2. The standard InChI is InChI=1S/C16H20BrNO2/c1-12(11-19-2)18-9-10-20-15-8-7-13-5-3-4-6-14(13)16(15)17/h3-8,12,18H,9-11H2,1-2H3. The van der Waals surface area contributed by atoms with Crippen LogP contribution in [0.1, 0.15) is 6.92 Å². The van der Waals surface area contributed by atoms with Gasteiger partial charge in [-0.2, -0.15) is 0 Å². The Morgan fingerprint density at radius 3 is 2.80 bits per heavy atom. The van der Waals surface area contributed by atoms with E-state index in [0.717, 1.165) is 16.8 Å². The van der Waals surface area contributed by atoms with Crippen LogP contribution < -0.4 is 10.1 Å². The fourth-order valence-corrected chi connectivity index (χ4v) is 2.71. The number of halogens is 1. The maximum atomic E-state index is 5.82. The van der Waals surface area contributed by atoms with E-state index in [0.29, 0.717) is 19.3 Å². The normalized spacial score (nSPS) is 12.6. The molecule has 0 amide bonds. The van der Waals surface area contributed by atoms with Crippen LogP contribution in [0.25, 0.3) is 10.8 Å². The summed E-state index contributed by atoms with van der Waals surface area (Å²) in [5.41, 5.74) is 0. The van der Waals surface area contributed by atoms with Crippen molar-refractivity contribution in [3.05, 3.63) is 40.9 Å². The molecule has 108 valence electrons. The third kappa shape index (κ3) is 3.95. The average Bonchev–Trinajstić information content (AvgIpc) is 2.46. The molecule has 1 unspecified atom stereocenters. The van der Waals surface area contributed by atoms with E-state index >= 15 is 0 Å². The molecule has 2 aromatic carbocycles. The maximum absolute atomic E-state index is 5.82. The van der Waals surface area contributed by atoms with Crippen LogP contribution in [0.5, 0.6) is 5.75 Å². The highest BCUT2D eigenvalue weighted by molar-refractivity contribution is 9.10. The zero-order chi connectivity index (χ0) is 14.4. The molecule has 4 heteroatoms. The molecular formula is C16H20BrNO2. The highest BCUT2D eigenvalue weighted by atomic mass is 79.9. The molecule has 0 aromatic heterocycles. The van der Waals surface area contributed by atoms with E-state index < -0.39 is 0 Å². The Hall–Kier alpha value is -1.10. The van der Waals surface area contributed by atoms with Crippen molar-refractivity contribution in [2.45, 2.75) is 13.0 Å². The molecule has 0 aliphatic carbocycles. The number of nitrogens with one attached hydrogen (secondary N) is 1. The van der Waals surface area contributed by atoms with Crippen molar-refractivity contribution in [1.29, 1.82) is 0 Å². The first-order valence-corrected chi connectivity index (χ1v) is 7.54. The van der Waals surface area contributed by atoms with E-state index in [2.05, 4.69) is 46.4 Å². The molecule has 0 spiro atoms. The quantitative estimate of drug-likeness (QED) is 0.783. The van der Waals surface area contributed by atoms with Crippen LogP contribution in [0, 0.1) is 0 Å². The molecule has 20 heavy (non-hydrogen) atoms. The second-order valence-corrected chi connectivity index (χ2v) is 5.55. The van der Waals surface area contributed by atoms with E-state index in [1.807, 2.05) is 18.2 Å². The lowest BCUT2D eigenvalue weighted by Gasteiger charge is -2.14. The van der Waals surface area contributed by atoms with Crippen LogP contribution in [0.4, 0.5) is 0 Å². The van der Waals surface area contributed by atoms with Gasteiger partial charge in [-0.15, -0.1) is 0 Å². The van der Waals surface area contributed by atoms with Gasteiger partial charge in [0.15, 0.2) is 0 Å². The minimum Gasteiger partial charge on any atom is -0.491 e. The topological polar surface area (TPSA) is 30.5 Å².